The molecule has 0 saturated carbocycles. The summed E-state index contributed by atoms with van der Waals surface area (Å²) in [5, 5.41) is 7.79. The highest BCUT2D eigenvalue weighted by Crippen LogP contribution is 2.15. The Hall–Kier alpha value is -1.51. The van der Waals surface area contributed by atoms with Crippen LogP contribution in [0.4, 0.5) is 5.13 Å². The molecule has 7 nitrogen and oxygen atoms in total. The number of hydrogen-bond acceptors (Lipinski definition) is 7. The minimum Gasteiger partial charge on any atom is -0.466 e. The third kappa shape index (κ3) is 6.60. The van der Waals surface area contributed by atoms with Crippen molar-refractivity contribution in [2.75, 3.05) is 38.7 Å². The molecule has 0 saturated heterocycles. The zero-order valence-corrected chi connectivity index (χ0v) is 12.4. The Bertz CT molecular complexity index is 436. The second kappa shape index (κ2) is 9.40. The molecule has 1 heterocycles. The van der Waals surface area contributed by atoms with Gasteiger partial charge in [-0.25, -0.2) is 4.98 Å². The number of nitrogens with one attached hydrogen (secondary N) is 2. The number of hydrogen-bond donors (Lipinski definition) is 2. The molecule has 8 heteroatoms. The van der Waals surface area contributed by atoms with Gasteiger partial charge >= 0.3 is 5.97 Å². The molecule has 0 aliphatic carbocycles. The van der Waals surface area contributed by atoms with Crippen LogP contribution >= 0.6 is 11.3 Å². The lowest BCUT2D eigenvalue weighted by Gasteiger charge is -2.03. The van der Waals surface area contributed by atoms with Crippen LogP contribution in [-0.2, 0) is 25.5 Å². The molecule has 0 atom stereocenters. The van der Waals surface area contributed by atoms with Gasteiger partial charge in [-0.2, -0.15) is 0 Å². The standard InChI is InChI=1S/C12H19N3O4S/c1-3-19-11(17)6-9-8-20-12(14-9)15-10(16)7-13-4-5-18-2/h8,13H,3-7H2,1-2H3,(H,14,15,16). The topological polar surface area (TPSA) is 89.5 Å². The summed E-state index contributed by atoms with van der Waals surface area (Å²) in [5.74, 6) is -0.505. The molecular formula is C12H19N3O4S. The molecule has 1 amide bonds. The van der Waals surface area contributed by atoms with Crippen LogP contribution in [0, 0.1) is 0 Å². The van der Waals surface area contributed by atoms with E-state index in [9.17, 15) is 9.59 Å². The van der Waals surface area contributed by atoms with Crippen LogP contribution in [0.15, 0.2) is 5.38 Å². The van der Waals surface area contributed by atoms with Crippen LogP contribution in [0.2, 0.25) is 0 Å². The average molecular weight is 301 g/mol. The van der Waals surface area contributed by atoms with Crippen molar-refractivity contribution in [1.29, 1.82) is 0 Å². The molecule has 0 spiro atoms. The number of amides is 1. The summed E-state index contributed by atoms with van der Waals surface area (Å²) < 4.78 is 9.68. The smallest absolute Gasteiger partial charge is 0.311 e. The Morgan fingerprint density at radius 2 is 2.25 bits per heavy atom. The summed E-state index contributed by atoms with van der Waals surface area (Å²) in [6.07, 6.45) is 0.117. The summed E-state index contributed by atoms with van der Waals surface area (Å²) in [6.45, 7) is 3.45. The van der Waals surface area contributed by atoms with E-state index in [1.54, 1.807) is 19.4 Å². The van der Waals surface area contributed by atoms with Crippen molar-refractivity contribution in [1.82, 2.24) is 10.3 Å². The Balaban J connectivity index is 2.32. The van der Waals surface area contributed by atoms with E-state index < -0.39 is 0 Å². The van der Waals surface area contributed by atoms with Crippen LogP contribution in [0.25, 0.3) is 0 Å². The minimum absolute atomic E-state index is 0.117. The third-order valence-corrected chi connectivity index (χ3v) is 3.00. The summed E-state index contributed by atoms with van der Waals surface area (Å²) in [6, 6.07) is 0. The number of ether oxygens (including phenoxy) is 2. The molecule has 0 bridgehead atoms. The van der Waals surface area contributed by atoms with Crippen molar-refractivity contribution in [2.24, 2.45) is 0 Å². The van der Waals surface area contributed by atoms with Gasteiger partial charge < -0.3 is 20.1 Å². The van der Waals surface area contributed by atoms with E-state index in [-0.39, 0.29) is 24.8 Å². The van der Waals surface area contributed by atoms with Crippen molar-refractivity contribution < 1.29 is 19.1 Å². The number of carbonyl (C=O) groups is 2. The first-order valence-corrected chi connectivity index (χ1v) is 7.13. The third-order valence-electron chi connectivity index (χ3n) is 2.20. The molecule has 0 fully saturated rings. The summed E-state index contributed by atoms with van der Waals surface area (Å²) in [5.41, 5.74) is 0.594. The number of anilines is 1. The molecule has 0 radical (unpaired) electrons. The summed E-state index contributed by atoms with van der Waals surface area (Å²) >= 11 is 1.28. The van der Waals surface area contributed by atoms with E-state index in [1.807, 2.05) is 0 Å². The fraction of sp³-hybridized carbons (Fsp3) is 0.583. The number of carbonyl (C=O) groups excluding carboxylic acids is 2. The maximum atomic E-state index is 11.6. The lowest BCUT2D eigenvalue weighted by molar-refractivity contribution is -0.142. The van der Waals surface area contributed by atoms with Crippen LogP contribution in [0.1, 0.15) is 12.6 Å². The van der Waals surface area contributed by atoms with Gasteiger partial charge in [0.1, 0.15) is 0 Å². The largest absolute Gasteiger partial charge is 0.466 e. The van der Waals surface area contributed by atoms with Crippen molar-refractivity contribution >= 4 is 28.3 Å². The molecule has 20 heavy (non-hydrogen) atoms. The van der Waals surface area contributed by atoms with Crippen LogP contribution in [0.5, 0.6) is 0 Å². The fourth-order valence-corrected chi connectivity index (χ4v) is 2.07. The Kier molecular flexibility index (Phi) is 7.78. The second-order valence-corrected chi connectivity index (χ2v) is 4.70. The van der Waals surface area contributed by atoms with E-state index in [0.29, 0.717) is 30.6 Å². The number of aromatic nitrogens is 1. The quantitative estimate of drug-likeness (QED) is 0.508. The lowest BCUT2D eigenvalue weighted by atomic mass is 10.3. The highest BCUT2D eigenvalue weighted by Gasteiger charge is 2.10. The summed E-state index contributed by atoms with van der Waals surface area (Å²) in [4.78, 5) is 27.0. The Morgan fingerprint density at radius 3 is 2.95 bits per heavy atom. The first-order chi connectivity index (χ1) is 9.65. The van der Waals surface area contributed by atoms with Crippen LogP contribution in [0.3, 0.4) is 0 Å². The van der Waals surface area contributed by atoms with Gasteiger partial charge in [0.15, 0.2) is 5.13 Å². The number of thiazole rings is 1. The first-order valence-electron chi connectivity index (χ1n) is 6.25. The van der Waals surface area contributed by atoms with E-state index >= 15 is 0 Å². The first kappa shape index (κ1) is 16.5. The van der Waals surface area contributed by atoms with Gasteiger partial charge in [0.05, 0.1) is 31.9 Å². The van der Waals surface area contributed by atoms with E-state index in [0.717, 1.165) is 0 Å². The normalized spacial score (nSPS) is 10.3. The van der Waals surface area contributed by atoms with Crippen molar-refractivity contribution in [3.05, 3.63) is 11.1 Å². The number of nitrogens with zero attached hydrogens (tertiary/aromatic N) is 1. The molecule has 0 aliphatic rings. The highest BCUT2D eigenvalue weighted by atomic mass is 32.1. The highest BCUT2D eigenvalue weighted by molar-refractivity contribution is 7.13. The Labute approximate surface area is 121 Å². The molecule has 0 unspecified atom stereocenters. The number of rotatable bonds is 9. The van der Waals surface area contributed by atoms with Gasteiger partial charge in [0.2, 0.25) is 5.91 Å². The van der Waals surface area contributed by atoms with E-state index in [2.05, 4.69) is 15.6 Å². The average Bonchev–Trinajstić information content (AvgIpc) is 2.82. The van der Waals surface area contributed by atoms with Crippen molar-refractivity contribution in [3.8, 4) is 0 Å². The fourth-order valence-electron chi connectivity index (χ4n) is 1.35. The van der Waals surface area contributed by atoms with Crippen LogP contribution in [-0.4, -0.2) is 50.3 Å². The monoisotopic (exact) mass is 301 g/mol. The Morgan fingerprint density at radius 1 is 1.45 bits per heavy atom. The summed E-state index contributed by atoms with van der Waals surface area (Å²) in [7, 11) is 1.60. The maximum Gasteiger partial charge on any atom is 0.311 e. The molecule has 0 aromatic carbocycles. The molecule has 1 aromatic heterocycles. The zero-order valence-electron chi connectivity index (χ0n) is 11.6. The van der Waals surface area contributed by atoms with Gasteiger partial charge in [-0.15, -0.1) is 11.3 Å². The lowest BCUT2D eigenvalue weighted by Crippen LogP contribution is -2.30. The number of methoxy groups -OCH3 is 1. The number of esters is 1. The molecule has 0 aliphatic heterocycles. The minimum atomic E-state index is -0.322. The van der Waals surface area contributed by atoms with Gasteiger partial charge in [0.25, 0.3) is 0 Å². The second-order valence-electron chi connectivity index (χ2n) is 3.84. The van der Waals surface area contributed by atoms with Gasteiger partial charge in [-0.3, -0.25) is 9.59 Å². The molecule has 1 aromatic rings. The molecule has 2 N–H and O–H groups in total. The van der Waals surface area contributed by atoms with Crippen LogP contribution < -0.4 is 10.6 Å². The van der Waals surface area contributed by atoms with Crippen molar-refractivity contribution in [3.63, 3.8) is 0 Å². The van der Waals surface area contributed by atoms with Gasteiger partial charge in [0, 0.05) is 19.0 Å². The molecular weight excluding hydrogens is 282 g/mol. The predicted molar refractivity (Wildman–Crippen MR) is 75.8 cm³/mol. The SMILES string of the molecule is CCOC(=O)Cc1csc(NC(=O)CNCCOC)n1. The van der Waals surface area contributed by atoms with E-state index in [1.165, 1.54) is 11.3 Å². The maximum absolute atomic E-state index is 11.6. The molecule has 1 rings (SSSR count). The predicted octanol–water partition coefficient (Wildman–Crippen LogP) is 0.423. The van der Waals surface area contributed by atoms with Crippen molar-refractivity contribution in [2.45, 2.75) is 13.3 Å². The molecule has 112 valence electrons. The van der Waals surface area contributed by atoms with Gasteiger partial charge in [-0.05, 0) is 6.92 Å². The zero-order chi connectivity index (χ0) is 14.8. The van der Waals surface area contributed by atoms with E-state index in [4.69, 9.17) is 9.47 Å². The van der Waals surface area contributed by atoms with Gasteiger partial charge in [-0.1, -0.05) is 0 Å².